The summed E-state index contributed by atoms with van der Waals surface area (Å²) in [5, 5.41) is 0. The number of nitrogens with zero attached hydrogens (tertiary/aromatic N) is 2. The zero-order valence-corrected chi connectivity index (χ0v) is 22.1. The van der Waals surface area contributed by atoms with E-state index in [-0.39, 0.29) is 11.1 Å². The maximum atomic E-state index is 14.4. The quantitative estimate of drug-likeness (QED) is 0.157. The number of carbonyl (C=O) groups is 2. The second kappa shape index (κ2) is 10.1. The van der Waals surface area contributed by atoms with Crippen LogP contribution in [0.4, 0.5) is 26.3 Å². The van der Waals surface area contributed by atoms with Gasteiger partial charge >= 0.3 is 0 Å². The van der Waals surface area contributed by atoms with E-state index in [9.17, 15) is 52.8 Å². The number of aromatic nitrogens is 2. The highest BCUT2D eigenvalue weighted by molar-refractivity contribution is 7.91. The van der Waals surface area contributed by atoms with Crippen molar-refractivity contribution in [3.05, 3.63) is 117 Å². The molecule has 0 radical (unpaired) electrons. The number of fused-ring (bicyclic) bond motifs is 2. The number of sulfone groups is 2. The van der Waals surface area contributed by atoms with E-state index in [1.807, 2.05) is 0 Å². The predicted octanol–water partition coefficient (Wildman–Crippen LogP) is 4.03. The van der Waals surface area contributed by atoms with Crippen LogP contribution in [0.5, 0.6) is 0 Å². The van der Waals surface area contributed by atoms with Gasteiger partial charge in [0.05, 0.1) is 22.9 Å². The lowest BCUT2D eigenvalue weighted by Gasteiger charge is -2.19. The minimum Gasteiger partial charge on any atom is -0.287 e. The molecule has 8 nitrogen and oxygen atoms in total. The molecule has 1 aromatic heterocycles. The van der Waals surface area contributed by atoms with Crippen LogP contribution in [-0.4, -0.2) is 38.4 Å². The van der Waals surface area contributed by atoms with Gasteiger partial charge in [-0.05, 0) is 24.3 Å². The van der Waals surface area contributed by atoms with E-state index in [1.165, 1.54) is 24.3 Å². The first-order valence-electron chi connectivity index (χ1n) is 11.4. The Bertz CT molecular complexity index is 1940. The maximum absolute atomic E-state index is 14.4. The number of carbonyl (C=O) groups excluding carboxylic acids is 2. The third kappa shape index (κ3) is 4.75. The van der Waals surface area contributed by atoms with Crippen molar-refractivity contribution in [3.63, 3.8) is 0 Å². The van der Waals surface area contributed by atoms with Crippen LogP contribution in [0.15, 0.2) is 58.3 Å². The van der Waals surface area contributed by atoms with Crippen LogP contribution in [0.25, 0.3) is 0 Å². The number of benzene rings is 3. The van der Waals surface area contributed by atoms with Gasteiger partial charge in [-0.3, -0.25) is 9.59 Å². The van der Waals surface area contributed by atoms with Gasteiger partial charge in [-0.1, -0.05) is 24.3 Å². The van der Waals surface area contributed by atoms with Crippen molar-refractivity contribution in [1.82, 2.24) is 9.97 Å². The van der Waals surface area contributed by atoms with Gasteiger partial charge in [-0.15, -0.1) is 0 Å². The van der Waals surface area contributed by atoms with E-state index in [1.54, 1.807) is 0 Å². The molecule has 4 aromatic rings. The molecule has 0 bridgehead atoms. The van der Waals surface area contributed by atoms with Crippen LogP contribution >= 0.6 is 0 Å². The highest BCUT2D eigenvalue weighted by Gasteiger charge is 2.36. The standard InChI is InChI=1S/C26H12F6N2O6S2/c27-13-5-7-17(21(31)19(13)29)41(37,38)9-15-16(10-42(39,40)18-8-6-14(28)20(30)22(18)32)34-24-23(33-15)25(35)11-3-1-2-4-12(11)26(24)36/h1-8H,9-10H2. The van der Waals surface area contributed by atoms with Gasteiger partial charge < -0.3 is 0 Å². The van der Waals surface area contributed by atoms with Crippen molar-refractivity contribution >= 4 is 31.2 Å². The van der Waals surface area contributed by atoms with E-state index >= 15 is 0 Å². The van der Waals surface area contributed by atoms with Gasteiger partial charge in [-0.2, -0.15) is 0 Å². The molecular formula is C26H12F6N2O6S2. The zero-order chi connectivity index (χ0) is 30.7. The van der Waals surface area contributed by atoms with E-state index < -0.39 is 110 Å². The van der Waals surface area contributed by atoms with Gasteiger partial charge in [0.25, 0.3) is 0 Å². The molecule has 0 saturated carbocycles. The van der Waals surface area contributed by atoms with Crippen LogP contribution in [-0.2, 0) is 31.2 Å². The topological polar surface area (TPSA) is 128 Å². The van der Waals surface area contributed by atoms with Crippen molar-refractivity contribution in [3.8, 4) is 0 Å². The lowest BCUT2D eigenvalue weighted by molar-refractivity contribution is 0.0971. The number of halogens is 6. The molecule has 0 aliphatic heterocycles. The molecule has 1 aliphatic carbocycles. The first kappa shape index (κ1) is 29.1. The molecule has 0 fully saturated rings. The molecule has 16 heteroatoms. The zero-order valence-electron chi connectivity index (χ0n) is 20.5. The molecule has 1 aliphatic rings. The molecule has 0 atom stereocenters. The summed E-state index contributed by atoms with van der Waals surface area (Å²) >= 11 is 0. The third-order valence-corrected chi connectivity index (χ3v) is 9.50. The second-order valence-electron chi connectivity index (χ2n) is 8.88. The summed E-state index contributed by atoms with van der Waals surface area (Å²) in [4.78, 5) is 31.2. The van der Waals surface area contributed by atoms with Gasteiger partial charge in [0.1, 0.15) is 21.2 Å². The average Bonchev–Trinajstić information content (AvgIpc) is 2.93. The molecule has 5 rings (SSSR count). The number of rotatable bonds is 6. The summed E-state index contributed by atoms with van der Waals surface area (Å²) in [6.45, 7) is 0. The fourth-order valence-electron chi connectivity index (χ4n) is 4.20. The van der Waals surface area contributed by atoms with E-state index in [0.29, 0.717) is 24.3 Å². The summed E-state index contributed by atoms with van der Waals surface area (Å²) < 4.78 is 136. The SMILES string of the molecule is O=C1c2ccccc2C(=O)c2nc(CS(=O)(=O)c3ccc(F)c(F)c3F)c(CS(=O)(=O)c3ccc(F)c(F)c3F)nc21. The molecule has 3 aromatic carbocycles. The highest BCUT2D eigenvalue weighted by atomic mass is 32.2. The molecule has 0 saturated heterocycles. The lowest BCUT2D eigenvalue weighted by Crippen LogP contribution is -2.27. The Morgan fingerprint density at radius 2 is 0.881 bits per heavy atom. The Hall–Kier alpha value is -4.44. The van der Waals surface area contributed by atoms with Gasteiger partial charge in [0, 0.05) is 11.1 Å². The minimum atomic E-state index is -5.02. The monoisotopic (exact) mass is 626 g/mol. The van der Waals surface area contributed by atoms with E-state index in [4.69, 9.17) is 0 Å². The summed E-state index contributed by atoms with van der Waals surface area (Å²) in [6.07, 6.45) is 0. The third-order valence-electron chi connectivity index (χ3n) is 6.22. The van der Waals surface area contributed by atoms with Gasteiger partial charge in [0.15, 0.2) is 54.6 Å². The Morgan fingerprint density at radius 1 is 0.524 bits per heavy atom. The summed E-state index contributed by atoms with van der Waals surface area (Å²) in [5.74, 6) is -16.6. The van der Waals surface area contributed by atoms with Crippen LogP contribution in [0.1, 0.15) is 43.5 Å². The van der Waals surface area contributed by atoms with E-state index in [0.717, 1.165) is 0 Å². The maximum Gasteiger partial charge on any atom is 0.214 e. The van der Waals surface area contributed by atoms with Gasteiger partial charge in [-0.25, -0.2) is 53.1 Å². The minimum absolute atomic E-state index is 0.144. The number of hydrogen-bond acceptors (Lipinski definition) is 8. The molecule has 42 heavy (non-hydrogen) atoms. The molecule has 216 valence electrons. The van der Waals surface area contributed by atoms with Crippen molar-refractivity contribution < 1.29 is 52.8 Å². The molecule has 0 unspecified atom stereocenters. The highest BCUT2D eigenvalue weighted by Crippen LogP contribution is 2.30. The van der Waals surface area contributed by atoms with Crippen LogP contribution < -0.4 is 0 Å². The summed E-state index contributed by atoms with van der Waals surface area (Å²) in [5.41, 5.74) is -3.40. The summed E-state index contributed by atoms with van der Waals surface area (Å²) in [7, 11) is -10.0. The second-order valence-corrected chi connectivity index (χ2v) is 12.8. The Labute approximate surface area is 232 Å². The van der Waals surface area contributed by atoms with Crippen molar-refractivity contribution in [2.75, 3.05) is 0 Å². The molecule has 0 spiro atoms. The Balaban J connectivity index is 1.70. The van der Waals surface area contributed by atoms with Crippen molar-refractivity contribution in [2.24, 2.45) is 0 Å². The first-order valence-corrected chi connectivity index (χ1v) is 14.7. The smallest absolute Gasteiger partial charge is 0.214 e. The molecule has 0 N–H and O–H groups in total. The lowest BCUT2D eigenvalue weighted by atomic mass is 9.89. The van der Waals surface area contributed by atoms with Crippen LogP contribution in [0.3, 0.4) is 0 Å². The summed E-state index contributed by atoms with van der Waals surface area (Å²) in [6, 6.07) is 6.78. The fraction of sp³-hybridized carbons (Fsp3) is 0.0769. The van der Waals surface area contributed by atoms with Crippen molar-refractivity contribution in [1.29, 1.82) is 0 Å². The van der Waals surface area contributed by atoms with Crippen LogP contribution in [0.2, 0.25) is 0 Å². The fourth-order valence-corrected chi connectivity index (χ4v) is 6.97. The normalized spacial score (nSPS) is 13.2. The number of hydrogen-bond donors (Lipinski definition) is 0. The van der Waals surface area contributed by atoms with Crippen LogP contribution in [0, 0.1) is 34.9 Å². The predicted molar refractivity (Wildman–Crippen MR) is 130 cm³/mol. The Morgan fingerprint density at radius 3 is 1.24 bits per heavy atom. The number of ketones is 2. The molecule has 0 amide bonds. The molecule has 1 heterocycles. The van der Waals surface area contributed by atoms with Gasteiger partial charge in [0.2, 0.25) is 11.6 Å². The Kier molecular flexibility index (Phi) is 7.01. The molecular weight excluding hydrogens is 614 g/mol. The largest absolute Gasteiger partial charge is 0.287 e. The van der Waals surface area contributed by atoms with E-state index in [2.05, 4.69) is 9.97 Å². The van der Waals surface area contributed by atoms with Crippen molar-refractivity contribution in [2.45, 2.75) is 21.3 Å². The average molecular weight is 627 g/mol. The first-order chi connectivity index (χ1) is 19.6.